The third-order valence-corrected chi connectivity index (χ3v) is 7.78. The molecule has 0 nitrogen and oxygen atoms in total. The van der Waals surface area contributed by atoms with Crippen molar-refractivity contribution in [3.8, 4) is 0 Å². The summed E-state index contributed by atoms with van der Waals surface area (Å²) >= 11 is 0. The lowest BCUT2D eigenvalue weighted by Crippen LogP contribution is -2.45. The molecule has 0 saturated heterocycles. The van der Waals surface area contributed by atoms with Crippen LogP contribution in [-0.2, 0) is 0 Å². The smallest absolute Gasteiger partial charge is 0.0686 e. The summed E-state index contributed by atoms with van der Waals surface area (Å²) in [6.07, 6.45) is 0. The molecule has 0 N–H and O–H groups in total. The van der Waals surface area contributed by atoms with Gasteiger partial charge >= 0.3 is 0 Å². The van der Waals surface area contributed by atoms with Gasteiger partial charge in [0.05, 0.1) is 8.07 Å². The maximum atomic E-state index is 2.46. The normalized spacial score (nSPS) is 12.2. The van der Waals surface area contributed by atoms with Crippen LogP contribution in [0.2, 0.25) is 19.6 Å². The lowest BCUT2D eigenvalue weighted by atomic mass is 9.35. The Balaban J connectivity index is 2.12. The summed E-state index contributed by atoms with van der Waals surface area (Å²) in [4.78, 5) is 0. The van der Waals surface area contributed by atoms with E-state index in [0.717, 1.165) is 0 Å². The highest BCUT2D eigenvalue weighted by molar-refractivity contribution is 7.07. The van der Waals surface area contributed by atoms with Gasteiger partial charge in [0.25, 0.3) is 0 Å². The van der Waals surface area contributed by atoms with Crippen LogP contribution >= 0.6 is 0 Å². The number of hydrogen-bond acceptors (Lipinski definition) is 0. The van der Waals surface area contributed by atoms with E-state index >= 15 is 0 Å². The van der Waals surface area contributed by atoms with Crippen LogP contribution < -0.4 is 10.9 Å². The van der Waals surface area contributed by atoms with Crippen LogP contribution in [0, 0.1) is 0 Å². The molecule has 31 heavy (non-hydrogen) atoms. The van der Waals surface area contributed by atoms with Crippen molar-refractivity contribution in [3.63, 3.8) is 0 Å². The zero-order chi connectivity index (χ0) is 21.7. The van der Waals surface area contributed by atoms with Gasteiger partial charge in [-0.2, -0.15) is 0 Å². The first kappa shape index (κ1) is 21.1. The molecule has 0 atom stereocenters. The molecule has 4 aromatic rings. The Bertz CT molecular complexity index is 1090. The van der Waals surface area contributed by atoms with E-state index < -0.39 is 8.07 Å². The van der Waals surface area contributed by atoms with E-state index in [0.29, 0.717) is 0 Å². The molecule has 0 aliphatic heterocycles. The lowest BCUT2D eigenvalue weighted by Gasteiger charge is -2.30. The number of benzene rings is 4. The Morgan fingerprint density at radius 2 is 0.839 bits per heavy atom. The largest absolute Gasteiger partial charge is 0.241 e. The summed E-state index contributed by atoms with van der Waals surface area (Å²) in [5.74, 6) is 0. The predicted molar refractivity (Wildman–Crippen MR) is 141 cm³/mol. The molecule has 0 aliphatic carbocycles. The molecule has 0 unspecified atom stereocenters. The van der Waals surface area contributed by atoms with Crippen molar-refractivity contribution in [2.75, 3.05) is 0 Å². The second-order valence-corrected chi connectivity index (χ2v) is 14.0. The molecule has 0 bridgehead atoms. The van der Waals surface area contributed by atoms with E-state index in [2.05, 4.69) is 141 Å². The average Bonchev–Trinajstić information content (AvgIpc) is 2.80. The van der Waals surface area contributed by atoms with Gasteiger partial charge in [0.2, 0.25) is 6.71 Å². The summed E-state index contributed by atoms with van der Waals surface area (Å²) in [5.41, 5.74) is 6.75. The van der Waals surface area contributed by atoms with Gasteiger partial charge in [0.15, 0.2) is 0 Å². The summed E-state index contributed by atoms with van der Waals surface area (Å²) in [7, 11) is -1.72. The molecule has 2 heteroatoms. The third kappa shape index (κ3) is 4.81. The van der Waals surface area contributed by atoms with Crippen LogP contribution in [0.25, 0.3) is 10.7 Å². The van der Waals surface area contributed by atoms with Crippen molar-refractivity contribution in [1.82, 2.24) is 0 Å². The Kier molecular flexibility index (Phi) is 6.39. The molecule has 152 valence electrons. The standard InChI is InChI=1S/C29H29BSi/c1-31(2,3)29(25-18-10-5-11-19-25)28(24-16-8-4-9-17-24)30(26-20-12-6-13-21-26)27-22-14-7-15-23-27/h4-23H,1-3H3/b29-28-. The fraction of sp³-hybridized carbons (Fsp3) is 0.103. The minimum Gasteiger partial charge on any atom is -0.0686 e. The first-order valence-electron chi connectivity index (χ1n) is 11.0. The van der Waals surface area contributed by atoms with E-state index in [-0.39, 0.29) is 6.71 Å². The van der Waals surface area contributed by atoms with E-state index in [4.69, 9.17) is 0 Å². The molecule has 0 aliphatic rings. The first-order chi connectivity index (χ1) is 15.1. The van der Waals surface area contributed by atoms with Crippen LogP contribution in [-0.4, -0.2) is 14.8 Å². The molecule has 0 amide bonds. The highest BCUT2D eigenvalue weighted by atomic mass is 28.3. The van der Waals surface area contributed by atoms with Gasteiger partial charge in [0.1, 0.15) is 0 Å². The minimum atomic E-state index is -1.72. The SMILES string of the molecule is C[Si](C)(C)/C(=C(\B(c1ccccc1)c1ccccc1)c1ccccc1)c1ccccc1. The topological polar surface area (TPSA) is 0 Å². The van der Waals surface area contributed by atoms with Crippen LogP contribution in [0.4, 0.5) is 0 Å². The van der Waals surface area contributed by atoms with Crippen LogP contribution in [0.3, 0.4) is 0 Å². The van der Waals surface area contributed by atoms with Crippen molar-refractivity contribution < 1.29 is 0 Å². The van der Waals surface area contributed by atoms with E-state index in [1.54, 1.807) is 0 Å². The quantitative estimate of drug-likeness (QED) is 0.255. The molecule has 4 rings (SSSR count). The second-order valence-electron chi connectivity index (χ2n) is 9.03. The average molecular weight is 416 g/mol. The lowest BCUT2D eigenvalue weighted by molar-refractivity contribution is 1.59. The van der Waals surface area contributed by atoms with Gasteiger partial charge < -0.3 is 0 Å². The van der Waals surface area contributed by atoms with Crippen molar-refractivity contribution in [2.24, 2.45) is 0 Å². The van der Waals surface area contributed by atoms with Crippen molar-refractivity contribution in [2.45, 2.75) is 19.6 Å². The van der Waals surface area contributed by atoms with Gasteiger partial charge in [-0.3, -0.25) is 0 Å². The minimum absolute atomic E-state index is 0.173. The third-order valence-electron chi connectivity index (χ3n) is 5.72. The van der Waals surface area contributed by atoms with E-state index in [1.165, 1.54) is 32.7 Å². The fourth-order valence-corrected chi connectivity index (χ4v) is 6.62. The number of rotatable bonds is 6. The second kappa shape index (κ2) is 9.36. The highest BCUT2D eigenvalue weighted by Crippen LogP contribution is 2.35. The zero-order valence-corrected chi connectivity index (χ0v) is 19.6. The van der Waals surface area contributed by atoms with E-state index in [1.807, 2.05) is 0 Å². The molecule has 0 radical (unpaired) electrons. The molecule has 0 aromatic heterocycles. The molecular formula is C29H29BSi. The fourth-order valence-electron chi connectivity index (χ4n) is 4.49. The van der Waals surface area contributed by atoms with Gasteiger partial charge in [-0.1, -0.05) is 163 Å². The Morgan fingerprint density at radius 1 is 0.484 bits per heavy atom. The predicted octanol–water partition coefficient (Wildman–Crippen LogP) is 6.32. The maximum absolute atomic E-state index is 2.46. The van der Waals surface area contributed by atoms with Gasteiger partial charge in [-0.25, -0.2) is 0 Å². The summed E-state index contributed by atoms with van der Waals surface area (Å²) in [5, 5.41) is 1.53. The molecule has 0 spiro atoms. The highest BCUT2D eigenvalue weighted by Gasteiger charge is 2.33. The van der Waals surface area contributed by atoms with Crippen LogP contribution in [0.15, 0.2) is 121 Å². The summed E-state index contributed by atoms with van der Waals surface area (Å²) < 4.78 is 0. The summed E-state index contributed by atoms with van der Waals surface area (Å²) in [6, 6.07) is 43.9. The molecule has 0 saturated carbocycles. The molecule has 0 heterocycles. The summed E-state index contributed by atoms with van der Waals surface area (Å²) in [6.45, 7) is 7.56. The van der Waals surface area contributed by atoms with Gasteiger partial charge in [-0.15, -0.1) is 0 Å². The van der Waals surface area contributed by atoms with Crippen molar-refractivity contribution >= 4 is 36.4 Å². The Hall–Kier alpha value is -3.10. The van der Waals surface area contributed by atoms with E-state index in [9.17, 15) is 0 Å². The first-order valence-corrected chi connectivity index (χ1v) is 14.5. The molecular weight excluding hydrogens is 387 g/mol. The van der Waals surface area contributed by atoms with Crippen LogP contribution in [0.5, 0.6) is 0 Å². The van der Waals surface area contributed by atoms with Gasteiger partial charge in [0, 0.05) is 0 Å². The maximum Gasteiger partial charge on any atom is 0.241 e. The Morgan fingerprint density at radius 3 is 1.23 bits per heavy atom. The van der Waals surface area contributed by atoms with Crippen molar-refractivity contribution in [3.05, 3.63) is 132 Å². The van der Waals surface area contributed by atoms with Crippen molar-refractivity contribution in [1.29, 1.82) is 0 Å². The van der Waals surface area contributed by atoms with Crippen LogP contribution in [0.1, 0.15) is 11.1 Å². The monoisotopic (exact) mass is 416 g/mol. The zero-order valence-electron chi connectivity index (χ0n) is 18.6. The number of hydrogen-bond donors (Lipinski definition) is 0. The Labute approximate surface area is 188 Å². The molecule has 0 fully saturated rings. The van der Waals surface area contributed by atoms with Gasteiger partial charge in [-0.05, 0) is 11.1 Å². The molecule has 4 aromatic carbocycles.